The van der Waals surface area contributed by atoms with E-state index < -0.39 is 12.0 Å². The number of para-hydroxylation sites is 1. The Morgan fingerprint density at radius 1 is 1.09 bits per heavy atom. The van der Waals surface area contributed by atoms with Crippen LogP contribution >= 0.6 is 11.8 Å². The molecule has 1 saturated heterocycles. The summed E-state index contributed by atoms with van der Waals surface area (Å²) in [5.74, 6) is -0.446. The van der Waals surface area contributed by atoms with E-state index >= 15 is 0 Å². The summed E-state index contributed by atoms with van der Waals surface area (Å²) >= 11 is 1.24. The summed E-state index contributed by atoms with van der Waals surface area (Å²) in [5.41, 5.74) is 1.77. The SMILES string of the molecule is COC(=O)C[C@@H]1C(=O)NCCN1C(=O)CSc1nnc(-c2ccccc2)n1-c1ccccc1. The highest BCUT2D eigenvalue weighted by atomic mass is 32.2. The molecule has 1 N–H and O–H groups in total. The molecule has 2 aromatic carbocycles. The van der Waals surface area contributed by atoms with E-state index in [-0.39, 0.29) is 24.0 Å². The van der Waals surface area contributed by atoms with Gasteiger partial charge >= 0.3 is 5.97 Å². The molecule has 1 aromatic heterocycles. The fourth-order valence-corrected chi connectivity index (χ4v) is 4.45. The number of amides is 2. The van der Waals surface area contributed by atoms with Gasteiger partial charge in [-0.05, 0) is 12.1 Å². The number of nitrogens with one attached hydrogen (secondary N) is 1. The van der Waals surface area contributed by atoms with E-state index in [4.69, 9.17) is 0 Å². The molecule has 1 atom stereocenters. The van der Waals surface area contributed by atoms with Gasteiger partial charge in [0.05, 0.1) is 19.3 Å². The molecule has 0 bridgehead atoms. The van der Waals surface area contributed by atoms with E-state index in [1.54, 1.807) is 0 Å². The Labute approximate surface area is 195 Å². The maximum absolute atomic E-state index is 13.0. The monoisotopic (exact) mass is 465 g/mol. The largest absolute Gasteiger partial charge is 0.469 e. The van der Waals surface area contributed by atoms with Crippen molar-refractivity contribution in [2.45, 2.75) is 17.6 Å². The maximum Gasteiger partial charge on any atom is 0.308 e. The number of piperazine rings is 1. The number of nitrogens with zero attached hydrogens (tertiary/aromatic N) is 4. The van der Waals surface area contributed by atoms with E-state index in [1.165, 1.54) is 23.8 Å². The van der Waals surface area contributed by atoms with Gasteiger partial charge in [-0.15, -0.1) is 10.2 Å². The van der Waals surface area contributed by atoms with Crippen molar-refractivity contribution in [2.24, 2.45) is 0 Å². The molecule has 0 spiro atoms. The molecule has 3 aromatic rings. The van der Waals surface area contributed by atoms with Gasteiger partial charge in [0.25, 0.3) is 0 Å². The predicted molar refractivity (Wildman–Crippen MR) is 123 cm³/mol. The minimum absolute atomic E-state index is 0.0463. The Hall–Kier alpha value is -3.66. The Morgan fingerprint density at radius 3 is 2.48 bits per heavy atom. The lowest BCUT2D eigenvalue weighted by atomic mass is 10.1. The van der Waals surface area contributed by atoms with Gasteiger partial charge in [0.2, 0.25) is 11.8 Å². The summed E-state index contributed by atoms with van der Waals surface area (Å²) in [6.45, 7) is 0.665. The van der Waals surface area contributed by atoms with Gasteiger partial charge in [0.1, 0.15) is 6.04 Å². The molecule has 0 radical (unpaired) electrons. The maximum atomic E-state index is 13.0. The van der Waals surface area contributed by atoms with Gasteiger partial charge in [0, 0.05) is 24.3 Å². The van der Waals surface area contributed by atoms with Crippen molar-refractivity contribution in [3.63, 3.8) is 0 Å². The number of ether oxygens (including phenoxy) is 1. The van der Waals surface area contributed by atoms with Crippen molar-refractivity contribution in [1.29, 1.82) is 0 Å². The molecule has 1 aliphatic rings. The van der Waals surface area contributed by atoms with Crippen molar-refractivity contribution in [2.75, 3.05) is 26.0 Å². The first kappa shape index (κ1) is 22.5. The molecule has 2 amide bonds. The summed E-state index contributed by atoms with van der Waals surface area (Å²) in [4.78, 5) is 38.5. The highest BCUT2D eigenvalue weighted by Gasteiger charge is 2.35. The van der Waals surface area contributed by atoms with Crippen LogP contribution in [0.3, 0.4) is 0 Å². The molecule has 4 rings (SSSR count). The smallest absolute Gasteiger partial charge is 0.308 e. The zero-order valence-corrected chi connectivity index (χ0v) is 18.8. The molecule has 1 aliphatic heterocycles. The number of carbonyl (C=O) groups excluding carboxylic acids is 3. The van der Waals surface area contributed by atoms with Crippen molar-refractivity contribution < 1.29 is 19.1 Å². The zero-order chi connectivity index (χ0) is 23.2. The van der Waals surface area contributed by atoms with Crippen LogP contribution in [0.15, 0.2) is 65.8 Å². The average molecular weight is 466 g/mol. The number of esters is 1. The summed E-state index contributed by atoms with van der Waals surface area (Å²) in [5, 5.41) is 12.0. The number of methoxy groups -OCH3 is 1. The van der Waals surface area contributed by atoms with Crippen molar-refractivity contribution in [3.8, 4) is 17.1 Å². The number of rotatable bonds is 7. The molecular formula is C23H23N5O4S. The lowest BCUT2D eigenvalue weighted by Gasteiger charge is -2.34. The zero-order valence-electron chi connectivity index (χ0n) is 18.0. The third-order valence-electron chi connectivity index (χ3n) is 5.24. The number of hydrogen-bond acceptors (Lipinski definition) is 7. The second kappa shape index (κ2) is 10.3. The van der Waals surface area contributed by atoms with Crippen molar-refractivity contribution >= 4 is 29.5 Å². The Balaban J connectivity index is 1.57. The van der Waals surface area contributed by atoms with Crippen LogP contribution in [0, 0.1) is 0 Å². The van der Waals surface area contributed by atoms with Gasteiger partial charge in [-0.1, -0.05) is 60.3 Å². The number of benzene rings is 2. The third-order valence-corrected chi connectivity index (χ3v) is 6.16. The molecule has 1 fully saturated rings. The van der Waals surface area contributed by atoms with Crippen LogP contribution in [0.1, 0.15) is 6.42 Å². The molecular weight excluding hydrogens is 442 g/mol. The minimum atomic E-state index is -0.883. The van der Waals surface area contributed by atoms with Crippen LogP contribution < -0.4 is 5.32 Å². The fourth-order valence-electron chi connectivity index (χ4n) is 3.61. The number of aromatic nitrogens is 3. The molecule has 0 aliphatic carbocycles. The topological polar surface area (TPSA) is 106 Å². The Bertz CT molecular complexity index is 1140. The standard InChI is InChI=1S/C23H23N5O4S/c1-32-20(30)14-18-22(31)24-12-13-27(18)19(29)15-33-23-26-25-21(16-8-4-2-5-9-16)28(23)17-10-6-3-7-11-17/h2-11,18H,12-15H2,1H3,(H,24,31)/t18-/m1/s1. The van der Waals surface area contributed by atoms with Crippen LogP contribution in [0.25, 0.3) is 17.1 Å². The summed E-state index contributed by atoms with van der Waals surface area (Å²) in [6, 6.07) is 18.5. The first-order chi connectivity index (χ1) is 16.1. The number of carbonyl (C=O) groups is 3. The van der Waals surface area contributed by atoms with Crippen LogP contribution in [-0.4, -0.2) is 69.4 Å². The normalized spacial score (nSPS) is 15.7. The minimum Gasteiger partial charge on any atom is -0.469 e. The lowest BCUT2D eigenvalue weighted by molar-refractivity contribution is -0.149. The average Bonchev–Trinajstić information content (AvgIpc) is 3.28. The van der Waals surface area contributed by atoms with Crippen molar-refractivity contribution in [1.82, 2.24) is 25.0 Å². The van der Waals surface area contributed by atoms with Crippen LogP contribution in [-0.2, 0) is 19.1 Å². The van der Waals surface area contributed by atoms with Crippen molar-refractivity contribution in [3.05, 3.63) is 60.7 Å². The summed E-state index contributed by atoms with van der Waals surface area (Å²) in [7, 11) is 1.26. The Kier molecular flexibility index (Phi) is 7.04. The molecule has 9 nitrogen and oxygen atoms in total. The first-order valence-electron chi connectivity index (χ1n) is 10.4. The Morgan fingerprint density at radius 2 is 1.79 bits per heavy atom. The molecule has 0 saturated carbocycles. The van der Waals surface area contributed by atoms with Gasteiger partial charge in [-0.2, -0.15) is 0 Å². The molecule has 0 unspecified atom stereocenters. The van der Waals surface area contributed by atoms with Crippen LogP contribution in [0.5, 0.6) is 0 Å². The number of hydrogen-bond donors (Lipinski definition) is 1. The second-order valence-corrected chi connectivity index (χ2v) is 8.25. The number of thioether (sulfide) groups is 1. The quantitative estimate of drug-likeness (QED) is 0.420. The highest BCUT2D eigenvalue weighted by Crippen LogP contribution is 2.28. The fraction of sp³-hybridized carbons (Fsp3) is 0.261. The predicted octanol–water partition coefficient (Wildman–Crippen LogP) is 1.92. The molecule has 33 heavy (non-hydrogen) atoms. The third kappa shape index (κ3) is 5.06. The lowest BCUT2D eigenvalue weighted by Crippen LogP contribution is -2.58. The van der Waals surface area contributed by atoms with Gasteiger partial charge in [-0.25, -0.2) is 0 Å². The molecule has 10 heteroatoms. The summed E-state index contributed by atoms with van der Waals surface area (Å²) in [6.07, 6.45) is -0.183. The first-order valence-corrected chi connectivity index (χ1v) is 11.4. The molecule has 2 heterocycles. The molecule has 170 valence electrons. The van der Waals surface area contributed by atoms with E-state index in [2.05, 4.69) is 20.3 Å². The van der Waals surface area contributed by atoms with Crippen LogP contribution in [0.2, 0.25) is 0 Å². The van der Waals surface area contributed by atoms with Gasteiger partial charge < -0.3 is 15.0 Å². The van der Waals surface area contributed by atoms with Gasteiger partial charge in [-0.3, -0.25) is 19.0 Å². The van der Waals surface area contributed by atoms with Crippen LogP contribution in [0.4, 0.5) is 0 Å². The van der Waals surface area contributed by atoms with E-state index in [0.29, 0.717) is 24.1 Å². The highest BCUT2D eigenvalue weighted by molar-refractivity contribution is 7.99. The van der Waals surface area contributed by atoms with Gasteiger partial charge in [0.15, 0.2) is 11.0 Å². The second-order valence-electron chi connectivity index (χ2n) is 7.31. The van der Waals surface area contributed by atoms with E-state index in [1.807, 2.05) is 65.2 Å². The summed E-state index contributed by atoms with van der Waals surface area (Å²) < 4.78 is 6.59. The van der Waals surface area contributed by atoms with E-state index in [9.17, 15) is 14.4 Å². The van der Waals surface area contributed by atoms with E-state index in [0.717, 1.165) is 11.3 Å².